The Morgan fingerprint density at radius 2 is 0.895 bits per heavy atom. The quantitative estimate of drug-likeness (QED) is 0.181. The molecule has 0 radical (unpaired) electrons. The molecule has 0 bridgehead atoms. The molecule has 0 unspecified atom stereocenters. The zero-order valence-corrected chi connectivity index (χ0v) is 30.7. The van der Waals surface area contributed by atoms with Gasteiger partial charge in [0.25, 0.3) is 0 Å². The molecule has 2 aromatic heterocycles. The van der Waals surface area contributed by atoms with Crippen LogP contribution in [0.15, 0.2) is 199 Å². The van der Waals surface area contributed by atoms with Gasteiger partial charge in [0.1, 0.15) is 11.2 Å². The van der Waals surface area contributed by atoms with Crippen LogP contribution < -0.4 is 4.90 Å². The Morgan fingerprint density at radius 1 is 0.368 bits per heavy atom. The van der Waals surface area contributed by atoms with E-state index >= 15 is 0 Å². The van der Waals surface area contributed by atoms with Gasteiger partial charge in [0.15, 0.2) is 11.6 Å². The van der Waals surface area contributed by atoms with Crippen LogP contribution in [-0.2, 0) is 5.41 Å². The molecule has 10 aromatic rings. The van der Waals surface area contributed by atoms with Gasteiger partial charge < -0.3 is 4.42 Å². The molecule has 0 fully saturated rings. The molecule has 5 nitrogen and oxygen atoms in total. The first-order valence-electron chi connectivity index (χ1n) is 19.3. The number of hydrogen-bond acceptors (Lipinski definition) is 5. The maximum Gasteiger partial charge on any atom is 0.238 e. The summed E-state index contributed by atoms with van der Waals surface area (Å²) in [5.41, 5.74) is 14.6. The highest BCUT2D eigenvalue weighted by molar-refractivity contribution is 6.06. The van der Waals surface area contributed by atoms with Gasteiger partial charge in [-0.05, 0) is 74.8 Å². The molecule has 57 heavy (non-hydrogen) atoms. The number of benzene rings is 8. The van der Waals surface area contributed by atoms with Gasteiger partial charge in [-0.15, -0.1) is 0 Å². The van der Waals surface area contributed by atoms with Crippen molar-refractivity contribution in [2.24, 2.45) is 0 Å². The van der Waals surface area contributed by atoms with Gasteiger partial charge in [0.2, 0.25) is 5.95 Å². The van der Waals surface area contributed by atoms with Crippen LogP contribution in [0.5, 0.6) is 0 Å². The van der Waals surface area contributed by atoms with Crippen molar-refractivity contribution in [3.05, 3.63) is 216 Å². The fourth-order valence-corrected chi connectivity index (χ4v) is 9.31. The molecule has 1 aliphatic heterocycles. The number of furan rings is 1. The molecular formula is C52H32N4O. The third-order valence-electron chi connectivity index (χ3n) is 11.7. The predicted octanol–water partition coefficient (Wildman–Crippen LogP) is 12.9. The molecule has 12 rings (SSSR count). The van der Waals surface area contributed by atoms with Crippen LogP contribution >= 0.6 is 0 Å². The summed E-state index contributed by atoms with van der Waals surface area (Å²) in [5, 5.41) is 2.20. The molecule has 5 heteroatoms. The number of nitrogens with zero attached hydrogens (tertiary/aromatic N) is 4. The summed E-state index contributed by atoms with van der Waals surface area (Å²) >= 11 is 0. The molecule has 0 saturated carbocycles. The number of anilines is 3. The first kappa shape index (κ1) is 31.7. The maximum atomic E-state index is 6.24. The highest BCUT2D eigenvalue weighted by atomic mass is 16.3. The van der Waals surface area contributed by atoms with Crippen LogP contribution in [0.3, 0.4) is 0 Å². The summed E-state index contributed by atoms with van der Waals surface area (Å²) in [6.45, 7) is 0. The summed E-state index contributed by atoms with van der Waals surface area (Å²) in [5.74, 6) is 1.78. The van der Waals surface area contributed by atoms with E-state index < -0.39 is 5.41 Å². The van der Waals surface area contributed by atoms with Crippen molar-refractivity contribution >= 4 is 39.3 Å². The molecule has 0 amide bonds. The SMILES string of the molecule is c1ccc(-c2nc(-c3ccccc3)nc(N3c4ccccc4C4(c5ccccc5-c5ccccc54)c4ccc(-c5ccc6oc7ccccc7c6c5)cc43)n2)cc1. The Kier molecular flexibility index (Phi) is 6.78. The van der Waals surface area contributed by atoms with Crippen LogP contribution in [0.1, 0.15) is 22.3 Å². The van der Waals surface area contributed by atoms with E-state index in [1.807, 2.05) is 48.5 Å². The molecule has 1 spiro atoms. The van der Waals surface area contributed by atoms with Crippen molar-refractivity contribution in [3.63, 3.8) is 0 Å². The standard InChI is InChI=1S/C52H32N4O/c1-3-15-33(16-4-1)49-53-50(34-17-5-2-6-18-34)55-51(54-49)56-45-25-13-12-24-43(45)52(41-22-10-7-19-37(41)38-20-8-11-23-42(38)52)44-29-27-36(32-46(44)56)35-28-30-48-40(31-35)39-21-9-14-26-47(39)57-48/h1-32H. The Balaban J connectivity index is 1.17. The molecule has 1 aliphatic carbocycles. The van der Waals surface area contributed by atoms with Gasteiger partial charge >= 0.3 is 0 Å². The molecule has 3 heterocycles. The van der Waals surface area contributed by atoms with E-state index in [0.29, 0.717) is 17.6 Å². The van der Waals surface area contributed by atoms with Gasteiger partial charge in [-0.3, -0.25) is 4.90 Å². The van der Waals surface area contributed by atoms with Crippen molar-refractivity contribution in [2.75, 3.05) is 4.90 Å². The number of rotatable bonds is 4. The zero-order valence-electron chi connectivity index (χ0n) is 30.7. The minimum atomic E-state index is -0.587. The minimum absolute atomic E-state index is 0.555. The second-order valence-electron chi connectivity index (χ2n) is 14.7. The third-order valence-corrected chi connectivity index (χ3v) is 11.7. The van der Waals surface area contributed by atoms with Gasteiger partial charge in [-0.2, -0.15) is 9.97 Å². The van der Waals surface area contributed by atoms with Crippen molar-refractivity contribution in [1.29, 1.82) is 0 Å². The summed E-state index contributed by atoms with van der Waals surface area (Å²) in [6.07, 6.45) is 0. The summed E-state index contributed by atoms with van der Waals surface area (Å²) in [7, 11) is 0. The Hall–Kier alpha value is -7.63. The summed E-state index contributed by atoms with van der Waals surface area (Å²) in [4.78, 5) is 18.0. The largest absolute Gasteiger partial charge is 0.456 e. The molecule has 8 aromatic carbocycles. The van der Waals surface area contributed by atoms with Gasteiger partial charge in [0.05, 0.1) is 16.8 Å². The Labute approximate surface area is 329 Å². The van der Waals surface area contributed by atoms with E-state index in [1.165, 1.54) is 33.4 Å². The average Bonchev–Trinajstić information content (AvgIpc) is 3.80. The van der Waals surface area contributed by atoms with Crippen molar-refractivity contribution in [2.45, 2.75) is 5.41 Å². The van der Waals surface area contributed by atoms with Crippen molar-refractivity contribution < 1.29 is 4.42 Å². The van der Waals surface area contributed by atoms with Crippen LogP contribution in [0.2, 0.25) is 0 Å². The minimum Gasteiger partial charge on any atom is -0.456 e. The van der Waals surface area contributed by atoms with E-state index in [4.69, 9.17) is 19.4 Å². The fraction of sp³-hybridized carbons (Fsp3) is 0.0192. The summed E-state index contributed by atoms with van der Waals surface area (Å²) in [6, 6.07) is 68.6. The molecule has 0 N–H and O–H groups in total. The van der Waals surface area contributed by atoms with Crippen LogP contribution in [-0.4, -0.2) is 15.0 Å². The van der Waals surface area contributed by atoms with Crippen LogP contribution in [0, 0.1) is 0 Å². The first-order valence-corrected chi connectivity index (χ1v) is 19.3. The van der Waals surface area contributed by atoms with Crippen LogP contribution in [0.4, 0.5) is 17.3 Å². The van der Waals surface area contributed by atoms with E-state index in [1.54, 1.807) is 0 Å². The number of fused-ring (bicyclic) bond motifs is 12. The lowest BCUT2D eigenvalue weighted by molar-refractivity contribution is 0.669. The smallest absolute Gasteiger partial charge is 0.238 e. The Bertz CT molecular complexity index is 3100. The highest BCUT2D eigenvalue weighted by Gasteiger charge is 2.52. The highest BCUT2D eigenvalue weighted by Crippen LogP contribution is 2.63. The van der Waals surface area contributed by atoms with Crippen molar-refractivity contribution in [1.82, 2.24) is 15.0 Å². The second-order valence-corrected chi connectivity index (χ2v) is 14.7. The first-order chi connectivity index (χ1) is 28.3. The number of aromatic nitrogens is 3. The third kappa shape index (κ3) is 4.60. The average molecular weight is 729 g/mol. The molecule has 2 aliphatic rings. The molecular weight excluding hydrogens is 697 g/mol. The number of hydrogen-bond donors (Lipinski definition) is 0. The molecule has 0 saturated heterocycles. The zero-order chi connectivity index (χ0) is 37.5. The molecule has 0 atom stereocenters. The van der Waals surface area contributed by atoms with E-state index in [2.05, 4.69) is 150 Å². The normalized spacial score (nSPS) is 13.4. The monoisotopic (exact) mass is 728 g/mol. The summed E-state index contributed by atoms with van der Waals surface area (Å²) < 4.78 is 6.24. The van der Waals surface area contributed by atoms with E-state index in [-0.39, 0.29) is 0 Å². The van der Waals surface area contributed by atoms with Gasteiger partial charge in [-0.25, -0.2) is 4.98 Å². The second kappa shape index (κ2) is 12.2. The lowest BCUT2D eigenvalue weighted by Crippen LogP contribution is -2.36. The maximum absolute atomic E-state index is 6.24. The lowest BCUT2D eigenvalue weighted by atomic mass is 9.64. The van der Waals surface area contributed by atoms with Crippen molar-refractivity contribution in [3.8, 4) is 45.0 Å². The van der Waals surface area contributed by atoms with Gasteiger partial charge in [-0.1, -0.05) is 164 Å². The predicted molar refractivity (Wildman–Crippen MR) is 229 cm³/mol. The fourth-order valence-electron chi connectivity index (χ4n) is 9.31. The number of para-hydroxylation sites is 2. The van der Waals surface area contributed by atoms with Crippen LogP contribution in [0.25, 0.3) is 67.0 Å². The van der Waals surface area contributed by atoms with E-state index in [0.717, 1.165) is 55.6 Å². The topological polar surface area (TPSA) is 55.1 Å². The lowest BCUT2D eigenvalue weighted by Gasteiger charge is -2.44. The van der Waals surface area contributed by atoms with E-state index in [9.17, 15) is 0 Å². The Morgan fingerprint density at radius 3 is 1.60 bits per heavy atom. The van der Waals surface area contributed by atoms with Gasteiger partial charge in [0, 0.05) is 21.9 Å². The molecule has 266 valence electrons.